The number of aliphatic hydroxyl groups is 1. The van der Waals surface area contributed by atoms with E-state index in [9.17, 15) is 5.11 Å². The third kappa shape index (κ3) is 4.82. The van der Waals surface area contributed by atoms with Crippen molar-refractivity contribution in [2.75, 3.05) is 19.6 Å². The molecule has 1 N–H and O–H groups in total. The first kappa shape index (κ1) is 22.2. The Morgan fingerprint density at radius 2 is 1.26 bits per heavy atom. The van der Waals surface area contributed by atoms with Gasteiger partial charge in [0.25, 0.3) is 0 Å². The summed E-state index contributed by atoms with van der Waals surface area (Å²) in [6, 6.07) is 38.9. The molecule has 1 aliphatic heterocycles. The van der Waals surface area contributed by atoms with Crippen LogP contribution >= 0.6 is 0 Å². The Morgan fingerprint density at radius 3 is 1.94 bits per heavy atom. The predicted octanol–water partition coefficient (Wildman–Crippen LogP) is 6.08. The van der Waals surface area contributed by atoms with E-state index in [2.05, 4.69) is 71.3 Å². The summed E-state index contributed by atoms with van der Waals surface area (Å²) in [6.07, 6.45) is 1.15. The molecule has 1 saturated heterocycles. The van der Waals surface area contributed by atoms with Gasteiger partial charge < -0.3 is 5.11 Å². The first-order chi connectivity index (χ1) is 16.7. The number of benzene rings is 4. The fourth-order valence-corrected chi connectivity index (χ4v) is 4.78. The maximum Gasteiger partial charge on any atom is 0.176 e. The summed E-state index contributed by atoms with van der Waals surface area (Å²) in [6.45, 7) is 2.69. The lowest BCUT2D eigenvalue weighted by atomic mass is 9.86. The van der Waals surface area contributed by atoms with Gasteiger partial charge in [-0.3, -0.25) is 4.90 Å². The zero-order valence-electron chi connectivity index (χ0n) is 19.3. The van der Waals surface area contributed by atoms with Gasteiger partial charge in [0.05, 0.1) is 6.54 Å². The normalized spacial score (nSPS) is 17.5. The smallest absolute Gasteiger partial charge is 0.176 e. The van der Waals surface area contributed by atoms with Crippen LogP contribution in [0.15, 0.2) is 115 Å². The van der Waals surface area contributed by atoms with Gasteiger partial charge in [0.1, 0.15) is 0 Å². The molecule has 0 bridgehead atoms. The van der Waals surface area contributed by atoms with Crippen LogP contribution in [0.2, 0.25) is 0 Å². The van der Waals surface area contributed by atoms with Crippen LogP contribution in [-0.2, 0) is 5.60 Å². The SMILES string of the molecule is O[C@](C#CCN1CC[C@@H](c2ccccc2)C1)(c1ccccc1)c1ccc(-c2ccccc2)cc1. The highest BCUT2D eigenvalue weighted by Gasteiger charge is 2.29. The van der Waals surface area contributed by atoms with E-state index >= 15 is 0 Å². The average Bonchev–Trinajstić information content (AvgIpc) is 3.39. The zero-order chi connectivity index (χ0) is 23.2. The second kappa shape index (κ2) is 10.1. The fourth-order valence-electron chi connectivity index (χ4n) is 4.78. The van der Waals surface area contributed by atoms with Crippen LogP contribution in [0.5, 0.6) is 0 Å². The number of hydrogen-bond acceptors (Lipinski definition) is 2. The molecule has 1 aliphatic rings. The number of hydrogen-bond donors (Lipinski definition) is 1. The highest BCUT2D eigenvalue weighted by atomic mass is 16.3. The van der Waals surface area contributed by atoms with Crippen molar-refractivity contribution in [3.05, 3.63) is 132 Å². The van der Waals surface area contributed by atoms with E-state index in [1.165, 1.54) is 5.56 Å². The first-order valence-electron chi connectivity index (χ1n) is 11.9. The van der Waals surface area contributed by atoms with E-state index < -0.39 is 5.60 Å². The van der Waals surface area contributed by atoms with Gasteiger partial charge >= 0.3 is 0 Å². The quantitative estimate of drug-likeness (QED) is 0.378. The van der Waals surface area contributed by atoms with Crippen LogP contribution in [0.1, 0.15) is 29.0 Å². The molecule has 5 rings (SSSR count). The van der Waals surface area contributed by atoms with Crippen molar-refractivity contribution >= 4 is 0 Å². The number of nitrogens with zero attached hydrogens (tertiary/aromatic N) is 1. The van der Waals surface area contributed by atoms with Gasteiger partial charge in [0.2, 0.25) is 0 Å². The largest absolute Gasteiger partial charge is 0.369 e. The minimum Gasteiger partial charge on any atom is -0.369 e. The third-order valence-electron chi connectivity index (χ3n) is 6.72. The molecule has 2 nitrogen and oxygen atoms in total. The molecule has 4 aromatic carbocycles. The Balaban J connectivity index is 1.37. The van der Waals surface area contributed by atoms with Crippen molar-refractivity contribution in [2.45, 2.75) is 17.9 Å². The Bertz CT molecular complexity index is 1260. The maximum absolute atomic E-state index is 11.8. The monoisotopic (exact) mass is 443 g/mol. The summed E-state index contributed by atoms with van der Waals surface area (Å²) < 4.78 is 0. The number of rotatable bonds is 5. The van der Waals surface area contributed by atoms with Crippen LogP contribution in [-0.4, -0.2) is 29.6 Å². The van der Waals surface area contributed by atoms with Crippen molar-refractivity contribution in [2.24, 2.45) is 0 Å². The van der Waals surface area contributed by atoms with Crippen molar-refractivity contribution < 1.29 is 5.11 Å². The van der Waals surface area contributed by atoms with Gasteiger partial charge in [-0.1, -0.05) is 127 Å². The summed E-state index contributed by atoms with van der Waals surface area (Å²) in [7, 11) is 0. The van der Waals surface area contributed by atoms with Crippen molar-refractivity contribution in [3.8, 4) is 23.0 Å². The summed E-state index contributed by atoms with van der Waals surface area (Å²) in [5.74, 6) is 7.10. The van der Waals surface area contributed by atoms with Crippen LogP contribution in [0.3, 0.4) is 0 Å². The molecule has 4 aromatic rings. The lowest BCUT2D eigenvalue weighted by molar-refractivity contribution is 0.145. The standard InChI is InChI=1S/C32H29NO/c34-32(30-15-8-3-9-16-30,31-19-17-28(18-20-31)26-11-4-1-5-12-26)22-10-23-33-24-21-29(25-33)27-13-6-2-7-14-27/h1-9,11-20,29,34H,21,23-25H2/t29-,32-/m1/s1. The summed E-state index contributed by atoms with van der Waals surface area (Å²) in [5.41, 5.74) is 3.90. The molecule has 2 atom stereocenters. The van der Waals surface area contributed by atoms with E-state index in [1.807, 2.05) is 60.7 Å². The number of likely N-dealkylation sites (tertiary alicyclic amines) is 1. The predicted molar refractivity (Wildman–Crippen MR) is 139 cm³/mol. The summed E-state index contributed by atoms with van der Waals surface area (Å²) in [5, 5.41) is 11.8. The summed E-state index contributed by atoms with van der Waals surface area (Å²) in [4.78, 5) is 2.38. The van der Waals surface area contributed by atoms with Crippen molar-refractivity contribution in [1.82, 2.24) is 4.90 Å². The van der Waals surface area contributed by atoms with Gasteiger partial charge in [0.15, 0.2) is 5.60 Å². The van der Waals surface area contributed by atoms with Gasteiger partial charge in [-0.05, 0) is 35.6 Å². The van der Waals surface area contributed by atoms with Crippen LogP contribution in [0.4, 0.5) is 0 Å². The van der Waals surface area contributed by atoms with E-state index in [0.29, 0.717) is 12.5 Å². The van der Waals surface area contributed by atoms with E-state index in [-0.39, 0.29) is 0 Å². The van der Waals surface area contributed by atoms with Gasteiger partial charge in [-0.15, -0.1) is 0 Å². The summed E-state index contributed by atoms with van der Waals surface area (Å²) >= 11 is 0. The van der Waals surface area contributed by atoms with Gasteiger partial charge in [0, 0.05) is 17.7 Å². The molecule has 0 aliphatic carbocycles. The second-order valence-electron chi connectivity index (χ2n) is 8.95. The van der Waals surface area contributed by atoms with Crippen LogP contribution < -0.4 is 0 Å². The van der Waals surface area contributed by atoms with Gasteiger partial charge in [-0.2, -0.15) is 0 Å². The van der Waals surface area contributed by atoms with Crippen molar-refractivity contribution in [3.63, 3.8) is 0 Å². The minimum atomic E-state index is -1.35. The van der Waals surface area contributed by atoms with Crippen molar-refractivity contribution in [1.29, 1.82) is 0 Å². The molecular formula is C32H29NO. The van der Waals surface area contributed by atoms with Gasteiger partial charge in [-0.25, -0.2) is 0 Å². The van der Waals surface area contributed by atoms with E-state index in [1.54, 1.807) is 0 Å². The Morgan fingerprint density at radius 1 is 0.706 bits per heavy atom. The van der Waals surface area contributed by atoms with E-state index in [4.69, 9.17) is 0 Å². The molecule has 0 unspecified atom stereocenters. The molecule has 168 valence electrons. The first-order valence-corrected chi connectivity index (χ1v) is 11.9. The third-order valence-corrected chi connectivity index (χ3v) is 6.72. The zero-order valence-corrected chi connectivity index (χ0v) is 19.3. The molecule has 0 saturated carbocycles. The minimum absolute atomic E-state index is 0.557. The Hall–Kier alpha value is -3.64. The lowest BCUT2D eigenvalue weighted by Crippen LogP contribution is -2.26. The molecule has 0 amide bonds. The highest BCUT2D eigenvalue weighted by Crippen LogP contribution is 2.31. The van der Waals surface area contributed by atoms with Crippen LogP contribution in [0.25, 0.3) is 11.1 Å². The molecule has 34 heavy (non-hydrogen) atoms. The fraction of sp³-hybridized carbons (Fsp3) is 0.188. The van der Waals surface area contributed by atoms with Crippen LogP contribution in [0, 0.1) is 11.8 Å². The lowest BCUT2D eigenvalue weighted by Gasteiger charge is -2.24. The molecule has 2 heteroatoms. The molecular weight excluding hydrogens is 414 g/mol. The molecule has 1 heterocycles. The highest BCUT2D eigenvalue weighted by molar-refractivity contribution is 5.64. The maximum atomic E-state index is 11.8. The molecule has 0 radical (unpaired) electrons. The molecule has 1 fully saturated rings. The second-order valence-corrected chi connectivity index (χ2v) is 8.95. The molecule has 0 aromatic heterocycles. The Kier molecular flexibility index (Phi) is 6.58. The average molecular weight is 444 g/mol. The topological polar surface area (TPSA) is 23.5 Å². The Labute approximate surface area is 202 Å². The molecule has 0 spiro atoms. The van der Waals surface area contributed by atoms with E-state index in [0.717, 1.165) is 41.8 Å².